The standard InChI is InChI=1S/C24H22F3N7O3/c1-2-9-33-22-19(21(36)32-23(33)37)31-20(34(22)15-5-6-15)14-4-8-18(29-11-14)30-12-16(35)13-3-7-17(28-10-13)24(25,26)27/h3-4,7-8,10-11,15H,2,5-6,9,12H2,1H3,(H,29,30)(H,32,36,37). The van der Waals surface area contributed by atoms with Crippen molar-refractivity contribution in [1.82, 2.24) is 29.1 Å². The van der Waals surface area contributed by atoms with Gasteiger partial charge < -0.3 is 9.88 Å². The number of hydrogen-bond acceptors (Lipinski definition) is 7. The second-order valence-electron chi connectivity index (χ2n) is 8.76. The summed E-state index contributed by atoms with van der Waals surface area (Å²) in [6, 6.07) is 5.33. The van der Waals surface area contributed by atoms with Crippen molar-refractivity contribution in [2.24, 2.45) is 0 Å². The molecular formula is C24H22F3N7O3. The van der Waals surface area contributed by atoms with Gasteiger partial charge in [-0.1, -0.05) is 6.92 Å². The third-order valence-corrected chi connectivity index (χ3v) is 6.01. The van der Waals surface area contributed by atoms with E-state index < -0.39 is 28.9 Å². The van der Waals surface area contributed by atoms with Crippen LogP contribution in [-0.2, 0) is 12.7 Å². The van der Waals surface area contributed by atoms with Crippen LogP contribution >= 0.6 is 0 Å². The van der Waals surface area contributed by atoms with E-state index in [-0.39, 0.29) is 23.7 Å². The number of imidazole rings is 1. The molecule has 1 aliphatic carbocycles. The number of nitrogens with zero attached hydrogens (tertiary/aromatic N) is 5. The molecule has 0 saturated heterocycles. The topological polar surface area (TPSA) is 128 Å². The molecule has 10 nitrogen and oxygen atoms in total. The van der Waals surface area contributed by atoms with Gasteiger partial charge in [0.1, 0.15) is 17.3 Å². The summed E-state index contributed by atoms with van der Waals surface area (Å²) in [7, 11) is 0. The molecule has 1 fully saturated rings. The van der Waals surface area contributed by atoms with Crippen LogP contribution in [0.3, 0.4) is 0 Å². The number of aromatic nitrogens is 6. The lowest BCUT2D eigenvalue weighted by Crippen LogP contribution is -2.31. The molecule has 4 aromatic rings. The van der Waals surface area contributed by atoms with Gasteiger partial charge in [0.05, 0.1) is 6.54 Å². The Morgan fingerprint density at radius 1 is 1.14 bits per heavy atom. The number of anilines is 1. The molecule has 4 heterocycles. The Kier molecular flexibility index (Phi) is 6.13. The van der Waals surface area contributed by atoms with E-state index in [0.717, 1.165) is 31.2 Å². The number of alkyl halides is 3. The van der Waals surface area contributed by atoms with Gasteiger partial charge in [-0.25, -0.2) is 14.8 Å². The first-order valence-electron chi connectivity index (χ1n) is 11.7. The van der Waals surface area contributed by atoms with Crippen LogP contribution in [0, 0.1) is 0 Å². The average molecular weight is 513 g/mol. The summed E-state index contributed by atoms with van der Waals surface area (Å²) >= 11 is 0. The van der Waals surface area contributed by atoms with E-state index in [0.29, 0.717) is 35.8 Å². The molecule has 0 spiro atoms. The van der Waals surface area contributed by atoms with E-state index in [2.05, 4.69) is 25.3 Å². The monoisotopic (exact) mass is 513 g/mol. The Bertz CT molecular complexity index is 1580. The van der Waals surface area contributed by atoms with E-state index in [1.165, 1.54) is 4.57 Å². The van der Waals surface area contributed by atoms with Gasteiger partial charge in [-0.05, 0) is 43.5 Å². The van der Waals surface area contributed by atoms with Crippen LogP contribution in [0.1, 0.15) is 48.3 Å². The number of carbonyl (C=O) groups is 1. The number of aromatic amines is 1. The SMILES string of the molecule is CCCn1c(=O)[nH]c(=O)c2nc(-c3ccc(NCC(=O)c4ccc(C(F)(F)F)nc4)nc3)n(C3CC3)c21. The maximum absolute atomic E-state index is 12.7. The number of ketones is 1. The van der Waals surface area contributed by atoms with Crippen LogP contribution < -0.4 is 16.6 Å². The van der Waals surface area contributed by atoms with Crippen molar-refractivity contribution in [3.63, 3.8) is 0 Å². The van der Waals surface area contributed by atoms with Gasteiger partial charge in [0.25, 0.3) is 5.56 Å². The van der Waals surface area contributed by atoms with Gasteiger partial charge in [-0.15, -0.1) is 0 Å². The van der Waals surface area contributed by atoms with Crippen molar-refractivity contribution >= 4 is 22.8 Å². The number of carbonyl (C=O) groups excluding carboxylic acids is 1. The summed E-state index contributed by atoms with van der Waals surface area (Å²) < 4.78 is 41.5. The fourth-order valence-electron chi connectivity index (χ4n) is 4.10. The van der Waals surface area contributed by atoms with Crippen molar-refractivity contribution in [2.75, 3.05) is 11.9 Å². The highest BCUT2D eigenvalue weighted by molar-refractivity contribution is 5.98. The minimum atomic E-state index is -4.58. The number of rotatable bonds is 8. The molecule has 2 N–H and O–H groups in total. The summed E-state index contributed by atoms with van der Waals surface area (Å²) in [6.45, 7) is 2.18. The highest BCUT2D eigenvalue weighted by atomic mass is 19.4. The van der Waals surface area contributed by atoms with E-state index in [9.17, 15) is 27.6 Å². The van der Waals surface area contributed by atoms with Crippen LogP contribution in [0.5, 0.6) is 0 Å². The fraction of sp³-hybridized carbons (Fsp3) is 0.333. The van der Waals surface area contributed by atoms with Gasteiger partial charge in [0, 0.05) is 36.1 Å². The van der Waals surface area contributed by atoms with Gasteiger partial charge in [-0.2, -0.15) is 13.2 Å². The first-order chi connectivity index (χ1) is 17.7. The minimum absolute atomic E-state index is 0.0404. The van der Waals surface area contributed by atoms with Crippen LogP contribution in [0.4, 0.5) is 19.0 Å². The summed E-state index contributed by atoms with van der Waals surface area (Å²) in [6.07, 6.45) is 0.371. The predicted octanol–water partition coefficient (Wildman–Crippen LogP) is 3.40. The van der Waals surface area contributed by atoms with Crippen molar-refractivity contribution in [3.8, 4) is 11.4 Å². The van der Waals surface area contributed by atoms with Gasteiger partial charge in [0.2, 0.25) is 0 Å². The Hall–Kier alpha value is -4.29. The third kappa shape index (κ3) is 4.76. The number of pyridine rings is 2. The molecule has 5 rings (SSSR count). The predicted molar refractivity (Wildman–Crippen MR) is 128 cm³/mol. The summed E-state index contributed by atoms with van der Waals surface area (Å²) in [5.41, 5.74) is -0.742. The molecule has 0 bridgehead atoms. The largest absolute Gasteiger partial charge is 0.433 e. The lowest BCUT2D eigenvalue weighted by Gasteiger charge is -2.12. The lowest BCUT2D eigenvalue weighted by molar-refractivity contribution is -0.141. The zero-order valence-corrected chi connectivity index (χ0v) is 19.7. The van der Waals surface area contributed by atoms with Gasteiger partial charge >= 0.3 is 11.9 Å². The summed E-state index contributed by atoms with van der Waals surface area (Å²) in [5, 5.41) is 2.85. The average Bonchev–Trinajstić information content (AvgIpc) is 3.64. The van der Waals surface area contributed by atoms with Crippen LogP contribution in [-0.4, -0.2) is 41.4 Å². The first-order valence-corrected chi connectivity index (χ1v) is 11.7. The highest BCUT2D eigenvalue weighted by Crippen LogP contribution is 2.40. The van der Waals surface area contributed by atoms with Crippen LogP contribution in [0.25, 0.3) is 22.6 Å². The van der Waals surface area contributed by atoms with Crippen molar-refractivity contribution in [2.45, 2.75) is 44.9 Å². The molecule has 1 saturated carbocycles. The fourth-order valence-corrected chi connectivity index (χ4v) is 4.10. The molecule has 0 radical (unpaired) electrons. The van der Waals surface area contributed by atoms with E-state index >= 15 is 0 Å². The van der Waals surface area contributed by atoms with Crippen molar-refractivity contribution < 1.29 is 18.0 Å². The second kappa shape index (κ2) is 9.30. The molecule has 0 unspecified atom stereocenters. The van der Waals surface area contributed by atoms with E-state index in [4.69, 9.17) is 0 Å². The van der Waals surface area contributed by atoms with E-state index in [1.807, 2.05) is 11.5 Å². The van der Waals surface area contributed by atoms with Gasteiger partial charge in [0.15, 0.2) is 16.9 Å². The zero-order valence-electron chi connectivity index (χ0n) is 19.7. The Morgan fingerprint density at radius 2 is 1.92 bits per heavy atom. The minimum Gasteiger partial charge on any atom is -0.363 e. The normalized spacial score (nSPS) is 13.7. The number of aryl methyl sites for hydroxylation is 1. The molecule has 37 heavy (non-hydrogen) atoms. The van der Waals surface area contributed by atoms with Crippen molar-refractivity contribution in [3.05, 3.63) is 68.8 Å². The maximum Gasteiger partial charge on any atom is 0.433 e. The molecule has 0 amide bonds. The molecular weight excluding hydrogens is 491 g/mol. The highest BCUT2D eigenvalue weighted by Gasteiger charge is 2.33. The quantitative estimate of drug-likeness (QED) is 0.346. The number of H-pyrrole nitrogens is 1. The molecule has 1 aliphatic rings. The molecule has 4 aromatic heterocycles. The smallest absolute Gasteiger partial charge is 0.363 e. The summed E-state index contributed by atoms with van der Waals surface area (Å²) in [4.78, 5) is 51.9. The molecule has 192 valence electrons. The number of halogens is 3. The number of hydrogen-bond donors (Lipinski definition) is 2. The van der Waals surface area contributed by atoms with Crippen LogP contribution in [0.15, 0.2) is 46.2 Å². The van der Waals surface area contributed by atoms with E-state index in [1.54, 1.807) is 18.3 Å². The van der Waals surface area contributed by atoms with Crippen molar-refractivity contribution in [1.29, 1.82) is 0 Å². The Labute approximate surface area is 207 Å². The summed E-state index contributed by atoms with van der Waals surface area (Å²) in [5.74, 6) is 0.437. The molecule has 0 atom stereocenters. The molecule has 0 aromatic carbocycles. The third-order valence-electron chi connectivity index (χ3n) is 6.01. The maximum atomic E-state index is 12.7. The molecule has 0 aliphatic heterocycles. The second-order valence-corrected chi connectivity index (χ2v) is 8.76. The Balaban J connectivity index is 1.38. The Morgan fingerprint density at radius 3 is 2.51 bits per heavy atom. The molecule has 13 heteroatoms. The van der Waals surface area contributed by atoms with Gasteiger partial charge in [-0.3, -0.25) is 24.1 Å². The van der Waals surface area contributed by atoms with Crippen LogP contribution in [0.2, 0.25) is 0 Å². The lowest BCUT2D eigenvalue weighted by atomic mass is 10.1. The number of Topliss-reactive ketones (excluding diaryl/α,β-unsaturated/α-hetero) is 1. The first kappa shape index (κ1) is 24.4. The number of nitrogens with one attached hydrogen (secondary N) is 2. The zero-order chi connectivity index (χ0) is 26.3. The number of fused-ring (bicyclic) bond motifs is 1.